The second kappa shape index (κ2) is 21.4. The summed E-state index contributed by atoms with van der Waals surface area (Å²) >= 11 is 0. The van der Waals surface area contributed by atoms with E-state index in [1.807, 2.05) is 57.2 Å². The summed E-state index contributed by atoms with van der Waals surface area (Å²) in [6, 6.07) is 29.8. The molecular weight excluding hydrogens is 1070 g/mol. The highest BCUT2D eigenvalue weighted by Gasteiger charge is 2.48. The first-order valence-electron chi connectivity index (χ1n) is 22.4. The summed E-state index contributed by atoms with van der Waals surface area (Å²) in [4.78, 5) is 52.6. The van der Waals surface area contributed by atoms with E-state index in [2.05, 4.69) is 34.9 Å². The Hall–Kier alpha value is -8.19. The number of benzene rings is 6. The van der Waals surface area contributed by atoms with E-state index >= 15 is 0 Å². The Bertz CT molecular complexity index is 4040. The van der Waals surface area contributed by atoms with Crippen LogP contribution in [0.5, 0.6) is 23.0 Å². The summed E-state index contributed by atoms with van der Waals surface area (Å²) in [5.74, 6) is 1.02. The van der Waals surface area contributed by atoms with Gasteiger partial charge in [-0.1, -0.05) is 81.8 Å². The van der Waals surface area contributed by atoms with Crippen LogP contribution in [0, 0.1) is 0 Å². The average molecular weight is 1120 g/mol. The Morgan fingerprint density at radius 1 is 0.506 bits per heavy atom. The van der Waals surface area contributed by atoms with Crippen molar-refractivity contribution < 1.29 is 65.8 Å². The van der Waals surface area contributed by atoms with Gasteiger partial charge in [0.15, 0.2) is 0 Å². The number of aromatic hydroxyl groups is 1. The van der Waals surface area contributed by atoms with Crippen molar-refractivity contribution in [3.8, 4) is 56.6 Å². The van der Waals surface area contributed by atoms with Gasteiger partial charge < -0.3 is 18.8 Å². The van der Waals surface area contributed by atoms with E-state index < -0.39 is 65.0 Å². The molecule has 408 valence electrons. The zero-order chi connectivity index (χ0) is 57.4. The zero-order valence-corrected chi connectivity index (χ0v) is 43.5. The van der Waals surface area contributed by atoms with Crippen LogP contribution < -0.4 is 36.2 Å². The van der Waals surface area contributed by atoms with Crippen molar-refractivity contribution in [3.63, 3.8) is 0 Å². The lowest BCUT2D eigenvalue weighted by atomic mass is 9.83. The molecule has 0 radical (unpaired) electrons. The minimum Gasteiger partial charge on any atom is -0.508 e. The first-order chi connectivity index (χ1) is 35.5. The predicted octanol–water partition coefficient (Wildman–Crippen LogP) is 10.0. The lowest BCUT2D eigenvalue weighted by Crippen LogP contribution is -2.28. The number of nitrogens with one attached hydrogen (secondary N) is 2. The molecule has 8 rings (SSSR count). The van der Waals surface area contributed by atoms with Crippen LogP contribution in [0.1, 0.15) is 52.7 Å². The number of alkyl halides is 6. The molecule has 0 atom stereocenters. The van der Waals surface area contributed by atoms with E-state index in [1.165, 1.54) is 52.9 Å². The largest absolute Gasteiger partial charge is 0.534 e. The average Bonchev–Trinajstić information content (AvgIpc) is 3.32. The maximum atomic E-state index is 12.7. The summed E-state index contributed by atoms with van der Waals surface area (Å²) in [5.41, 5.74) is -8.20. The minimum absolute atomic E-state index is 0.215. The van der Waals surface area contributed by atoms with Crippen molar-refractivity contribution in [1.82, 2.24) is 19.1 Å². The van der Waals surface area contributed by atoms with Crippen LogP contribution in [0.3, 0.4) is 0 Å². The van der Waals surface area contributed by atoms with Gasteiger partial charge in [0.25, 0.3) is 11.1 Å². The second-order valence-corrected chi connectivity index (χ2v) is 21.8. The molecule has 3 N–H and O–H groups in total. The maximum Gasteiger partial charge on any atom is 0.534 e. The van der Waals surface area contributed by atoms with Crippen molar-refractivity contribution in [1.29, 1.82) is 0 Å². The molecule has 0 bridgehead atoms. The van der Waals surface area contributed by atoms with Crippen molar-refractivity contribution in [2.45, 2.75) is 63.4 Å². The number of fused-ring (bicyclic) bond motifs is 2. The molecule has 2 aromatic heterocycles. The second-order valence-electron chi connectivity index (χ2n) is 18.9. The molecule has 0 saturated carbocycles. The SMILES string of the molecule is COc1c(-c2ccc3cc(O)ccc3c2)cc(-n2ccc(=O)[nH]c2=O)cc1C(C)(C)C.COc1c(-c2ccc3cc(OS(=O)(=O)C(F)(F)F)ccc3c2)cc(-n2ccc(=O)[nH]c2=O)cc1C(C)(C)C.O=S(=O)(F)C(F)(F)F. The van der Waals surface area contributed by atoms with Gasteiger partial charge in [0.05, 0.1) is 25.6 Å². The number of phenolic OH excluding ortho intramolecular Hbond substituents is 1. The minimum atomic E-state index is -6.34. The Labute approximate surface area is 433 Å². The third-order valence-electron chi connectivity index (χ3n) is 11.4. The number of hydrogen-bond acceptors (Lipinski definition) is 12. The smallest absolute Gasteiger partial charge is 0.508 e. The fourth-order valence-corrected chi connectivity index (χ4v) is 8.20. The van der Waals surface area contributed by atoms with Gasteiger partial charge in [-0.3, -0.25) is 28.7 Å². The quantitative estimate of drug-likeness (QED) is 0.0559. The normalized spacial score (nSPS) is 12.3. The van der Waals surface area contributed by atoms with E-state index in [1.54, 1.807) is 49.6 Å². The number of nitrogens with zero attached hydrogens (tertiary/aromatic N) is 2. The lowest BCUT2D eigenvalue weighted by Gasteiger charge is -2.25. The molecular formula is C52H47F7N4O12S2. The van der Waals surface area contributed by atoms with Gasteiger partial charge >= 0.3 is 42.7 Å². The third-order valence-corrected chi connectivity index (χ3v) is 12.9. The molecule has 77 heavy (non-hydrogen) atoms. The zero-order valence-electron chi connectivity index (χ0n) is 41.8. The predicted molar refractivity (Wildman–Crippen MR) is 275 cm³/mol. The monoisotopic (exact) mass is 1120 g/mol. The Kier molecular flexibility index (Phi) is 16.2. The fourth-order valence-electron chi connectivity index (χ4n) is 7.75. The van der Waals surface area contributed by atoms with Gasteiger partial charge in [-0.2, -0.15) is 43.2 Å². The summed E-state index contributed by atoms with van der Waals surface area (Å²) in [6.07, 6.45) is 2.85. The molecule has 6 aromatic carbocycles. The molecule has 0 aliphatic rings. The number of hydrogen-bond donors (Lipinski definition) is 3. The highest BCUT2D eigenvalue weighted by Crippen LogP contribution is 2.44. The van der Waals surface area contributed by atoms with Gasteiger partial charge in [-0.15, -0.1) is 0 Å². The third kappa shape index (κ3) is 13.3. The van der Waals surface area contributed by atoms with E-state index in [0.29, 0.717) is 39.0 Å². The first kappa shape index (κ1) is 58.1. The summed E-state index contributed by atoms with van der Waals surface area (Å²) in [7, 11) is -8.99. The molecule has 8 aromatic rings. The number of aromatic nitrogens is 4. The number of ether oxygens (including phenoxy) is 2. The number of aromatic amines is 2. The Morgan fingerprint density at radius 2 is 0.883 bits per heavy atom. The molecule has 0 aliphatic heterocycles. The van der Waals surface area contributed by atoms with Gasteiger partial charge in [0, 0.05) is 46.8 Å². The van der Waals surface area contributed by atoms with Crippen molar-refractivity contribution in [3.05, 3.63) is 174 Å². The molecule has 0 unspecified atom stereocenters. The molecule has 25 heteroatoms. The fraction of sp³-hybridized carbons (Fsp3) is 0.231. The van der Waals surface area contributed by atoms with Crippen LogP contribution in [0.25, 0.3) is 55.2 Å². The molecule has 2 heterocycles. The number of phenols is 1. The van der Waals surface area contributed by atoms with Crippen LogP contribution in [0.15, 0.2) is 141 Å². The van der Waals surface area contributed by atoms with Crippen LogP contribution in [0.2, 0.25) is 0 Å². The lowest BCUT2D eigenvalue weighted by molar-refractivity contribution is -0.0501. The van der Waals surface area contributed by atoms with Gasteiger partial charge in [0.2, 0.25) is 0 Å². The van der Waals surface area contributed by atoms with E-state index in [9.17, 15) is 62.9 Å². The highest BCUT2D eigenvalue weighted by molar-refractivity contribution is 7.88. The summed E-state index contributed by atoms with van der Waals surface area (Å²) in [6.45, 7) is 12.2. The van der Waals surface area contributed by atoms with Gasteiger partial charge in [-0.25, -0.2) is 9.59 Å². The van der Waals surface area contributed by atoms with Gasteiger partial charge in [-0.05, 0) is 104 Å². The number of H-pyrrole nitrogens is 2. The Morgan fingerprint density at radius 3 is 1.25 bits per heavy atom. The number of methoxy groups -OCH3 is 2. The first-order valence-corrected chi connectivity index (χ1v) is 25.2. The van der Waals surface area contributed by atoms with Crippen LogP contribution >= 0.6 is 0 Å². The summed E-state index contributed by atoms with van der Waals surface area (Å²) < 4.78 is 140. The van der Waals surface area contributed by atoms with Crippen molar-refractivity contribution >= 4 is 41.9 Å². The molecule has 0 spiro atoms. The topological polar surface area (TPSA) is 226 Å². The summed E-state index contributed by atoms with van der Waals surface area (Å²) in [5, 5.41) is 12.7. The molecule has 0 saturated heterocycles. The molecule has 0 aliphatic carbocycles. The molecule has 0 amide bonds. The highest BCUT2D eigenvalue weighted by atomic mass is 32.3. The molecule has 16 nitrogen and oxygen atoms in total. The van der Waals surface area contributed by atoms with Crippen molar-refractivity contribution in [2.75, 3.05) is 14.2 Å². The maximum absolute atomic E-state index is 12.7. The van der Waals surface area contributed by atoms with E-state index in [4.69, 9.17) is 17.9 Å². The van der Waals surface area contributed by atoms with Gasteiger partial charge in [0.1, 0.15) is 23.0 Å². The number of halogens is 7. The van der Waals surface area contributed by atoms with E-state index in [-0.39, 0.29) is 11.2 Å². The van der Waals surface area contributed by atoms with Crippen LogP contribution in [-0.4, -0.2) is 66.3 Å². The van der Waals surface area contributed by atoms with E-state index in [0.717, 1.165) is 44.8 Å². The standard InChI is InChI=1S/C26H23F3N2O6S.C25H24N2O4.CF4O2S/c1-25(2,3)21-14-18(31-10-9-22(32)30-24(31)33)13-20(23(21)36-4)17-6-5-16-12-19(8-7-15(16)11-17)37-38(34,35)26(27,28)29;1-25(2,3)21-14-18(27-10-9-22(29)26-24(27)30)13-20(23(21)31-4)17-6-5-16-12-19(28)8-7-15(16)11-17;2-1(3,4)8(5,6)7/h5-14H,1-4H3,(H,30,32,33);5-14,28H,1-4H3,(H,26,29,30);. The van der Waals surface area contributed by atoms with Crippen LogP contribution in [-0.2, 0) is 31.2 Å². The van der Waals surface area contributed by atoms with Crippen LogP contribution in [0.4, 0.5) is 30.2 Å². The van der Waals surface area contributed by atoms with Crippen molar-refractivity contribution in [2.24, 2.45) is 0 Å². The Balaban J connectivity index is 0.000000222. The number of rotatable bonds is 8. The molecule has 0 fully saturated rings.